The number of nitrogens with one attached hydrogen (secondary N) is 1. The number of nitrogens with zero attached hydrogens (tertiary/aromatic N) is 4. The average Bonchev–Trinajstić information content (AvgIpc) is 2.95. The van der Waals surface area contributed by atoms with Gasteiger partial charge in [-0.1, -0.05) is 31.2 Å². The van der Waals surface area contributed by atoms with Crippen LogP contribution in [0.5, 0.6) is 0 Å². The maximum absolute atomic E-state index is 12.7. The van der Waals surface area contributed by atoms with Crippen LogP contribution in [-0.4, -0.2) is 46.2 Å². The fourth-order valence-corrected chi connectivity index (χ4v) is 3.30. The van der Waals surface area contributed by atoms with E-state index in [-0.39, 0.29) is 11.9 Å². The number of amides is 1. The molecular formula is C21H27N5O. The highest BCUT2D eigenvalue weighted by Crippen LogP contribution is 2.19. The topological polar surface area (TPSA) is 63.1 Å². The Morgan fingerprint density at radius 3 is 2.59 bits per heavy atom. The van der Waals surface area contributed by atoms with Gasteiger partial charge in [-0.2, -0.15) is 5.10 Å². The lowest BCUT2D eigenvalue weighted by molar-refractivity contribution is 0.0941. The minimum absolute atomic E-state index is 0.108. The smallest absolute Gasteiger partial charge is 0.252 e. The van der Waals surface area contributed by atoms with Gasteiger partial charge in [0.1, 0.15) is 0 Å². The number of hydrogen-bond acceptors (Lipinski definition) is 4. The fourth-order valence-electron chi connectivity index (χ4n) is 3.30. The molecule has 1 amide bonds. The molecule has 1 aromatic carbocycles. The largest absolute Gasteiger partial charge is 0.350 e. The second-order valence-corrected chi connectivity index (χ2v) is 7.09. The van der Waals surface area contributed by atoms with Crippen molar-refractivity contribution in [3.8, 4) is 0 Å². The summed E-state index contributed by atoms with van der Waals surface area (Å²) in [6.07, 6.45) is 2.63. The van der Waals surface area contributed by atoms with E-state index in [1.807, 2.05) is 34.1 Å². The zero-order valence-corrected chi connectivity index (χ0v) is 16.7. The van der Waals surface area contributed by atoms with Crippen molar-refractivity contribution >= 4 is 16.9 Å². The number of aryl methyl sites for hydroxylation is 3. The molecule has 0 aliphatic heterocycles. The van der Waals surface area contributed by atoms with Gasteiger partial charge in [-0.05, 0) is 44.6 Å². The molecule has 3 rings (SSSR count). The van der Waals surface area contributed by atoms with E-state index in [0.717, 1.165) is 23.1 Å². The standard InChI is InChI=1S/C21H27N5O/c1-6-15-7-9-16(10-8-15)19(25(3)4)13-23-21(27)17-11-18-14(2)24-26(5)20(18)22-12-17/h7-12,19H,6,13H2,1-5H3,(H,23,27). The van der Waals surface area contributed by atoms with Gasteiger partial charge in [0, 0.05) is 25.2 Å². The Morgan fingerprint density at radius 2 is 1.96 bits per heavy atom. The van der Waals surface area contributed by atoms with Crippen LogP contribution in [0.1, 0.15) is 40.1 Å². The predicted octanol–water partition coefficient (Wildman–Crippen LogP) is 2.87. The van der Waals surface area contributed by atoms with Crippen molar-refractivity contribution in [2.75, 3.05) is 20.6 Å². The van der Waals surface area contributed by atoms with Gasteiger partial charge in [-0.15, -0.1) is 0 Å². The highest BCUT2D eigenvalue weighted by atomic mass is 16.1. The van der Waals surface area contributed by atoms with E-state index in [1.54, 1.807) is 10.9 Å². The van der Waals surface area contributed by atoms with E-state index in [1.165, 1.54) is 11.1 Å². The first kappa shape index (κ1) is 19.0. The number of rotatable bonds is 6. The van der Waals surface area contributed by atoms with Crippen LogP contribution in [0.3, 0.4) is 0 Å². The van der Waals surface area contributed by atoms with Gasteiger partial charge in [-0.25, -0.2) is 4.98 Å². The molecule has 0 spiro atoms. The summed E-state index contributed by atoms with van der Waals surface area (Å²) in [5, 5.41) is 8.32. The number of carbonyl (C=O) groups is 1. The van der Waals surface area contributed by atoms with Gasteiger partial charge < -0.3 is 10.2 Å². The van der Waals surface area contributed by atoms with Crippen molar-refractivity contribution in [1.29, 1.82) is 0 Å². The Kier molecular flexibility index (Phi) is 5.56. The Balaban J connectivity index is 1.75. The number of carbonyl (C=O) groups excluding carboxylic acids is 1. The zero-order chi connectivity index (χ0) is 19.6. The number of hydrogen-bond donors (Lipinski definition) is 1. The summed E-state index contributed by atoms with van der Waals surface area (Å²) in [6, 6.07) is 10.6. The van der Waals surface area contributed by atoms with Gasteiger partial charge >= 0.3 is 0 Å². The highest BCUT2D eigenvalue weighted by molar-refractivity contribution is 5.97. The third-order valence-electron chi connectivity index (χ3n) is 4.98. The Bertz CT molecular complexity index is 943. The third kappa shape index (κ3) is 4.01. The summed E-state index contributed by atoms with van der Waals surface area (Å²) >= 11 is 0. The van der Waals surface area contributed by atoms with Crippen LogP contribution in [0.4, 0.5) is 0 Å². The first-order chi connectivity index (χ1) is 12.9. The molecule has 0 bridgehead atoms. The second-order valence-electron chi connectivity index (χ2n) is 7.09. The van der Waals surface area contributed by atoms with Crippen LogP contribution in [-0.2, 0) is 13.5 Å². The molecule has 2 heterocycles. The van der Waals surface area contributed by atoms with E-state index in [9.17, 15) is 4.79 Å². The number of pyridine rings is 1. The van der Waals surface area contributed by atoms with Crippen LogP contribution in [0, 0.1) is 6.92 Å². The summed E-state index contributed by atoms with van der Waals surface area (Å²) in [7, 11) is 5.90. The Labute approximate surface area is 160 Å². The van der Waals surface area contributed by atoms with Crippen molar-refractivity contribution in [2.24, 2.45) is 7.05 Å². The predicted molar refractivity (Wildman–Crippen MR) is 108 cm³/mol. The molecule has 1 N–H and O–H groups in total. The van der Waals surface area contributed by atoms with Gasteiger partial charge in [0.05, 0.1) is 17.3 Å². The summed E-state index contributed by atoms with van der Waals surface area (Å²) in [6.45, 7) is 4.60. The van der Waals surface area contributed by atoms with Crippen LogP contribution in [0.2, 0.25) is 0 Å². The van der Waals surface area contributed by atoms with Crippen molar-refractivity contribution in [2.45, 2.75) is 26.3 Å². The minimum atomic E-state index is -0.121. The molecule has 0 saturated carbocycles. The van der Waals surface area contributed by atoms with Gasteiger partial charge in [0.25, 0.3) is 5.91 Å². The molecule has 0 aliphatic rings. The molecule has 1 unspecified atom stereocenters. The van der Waals surface area contributed by atoms with Gasteiger partial charge in [0.2, 0.25) is 0 Å². The molecule has 2 aromatic heterocycles. The number of aromatic nitrogens is 3. The molecule has 3 aromatic rings. The van der Waals surface area contributed by atoms with Crippen LogP contribution >= 0.6 is 0 Å². The van der Waals surface area contributed by atoms with Gasteiger partial charge in [-0.3, -0.25) is 9.48 Å². The molecule has 1 atom stereocenters. The highest BCUT2D eigenvalue weighted by Gasteiger charge is 2.17. The van der Waals surface area contributed by atoms with Crippen molar-refractivity contribution in [1.82, 2.24) is 25.0 Å². The monoisotopic (exact) mass is 365 g/mol. The van der Waals surface area contributed by atoms with Crippen LogP contribution in [0.15, 0.2) is 36.5 Å². The Morgan fingerprint density at radius 1 is 1.26 bits per heavy atom. The molecular weight excluding hydrogens is 338 g/mol. The van der Waals surface area contributed by atoms with Crippen molar-refractivity contribution < 1.29 is 4.79 Å². The summed E-state index contributed by atoms with van der Waals surface area (Å²) < 4.78 is 1.73. The normalized spacial score (nSPS) is 12.5. The van der Waals surface area contributed by atoms with Crippen LogP contribution in [0.25, 0.3) is 11.0 Å². The second kappa shape index (κ2) is 7.88. The molecule has 142 valence electrons. The quantitative estimate of drug-likeness (QED) is 0.730. The lowest BCUT2D eigenvalue weighted by atomic mass is 10.0. The zero-order valence-electron chi connectivity index (χ0n) is 16.7. The minimum Gasteiger partial charge on any atom is -0.350 e. The maximum Gasteiger partial charge on any atom is 0.252 e. The summed E-state index contributed by atoms with van der Waals surface area (Å²) in [5.74, 6) is -0.121. The first-order valence-corrected chi connectivity index (χ1v) is 9.23. The molecule has 0 radical (unpaired) electrons. The van der Waals surface area contributed by atoms with Crippen molar-refractivity contribution in [3.63, 3.8) is 0 Å². The number of benzene rings is 1. The molecule has 0 fully saturated rings. The number of fused-ring (bicyclic) bond motifs is 1. The molecule has 0 aliphatic carbocycles. The molecule has 27 heavy (non-hydrogen) atoms. The average molecular weight is 365 g/mol. The number of likely N-dealkylation sites (N-methyl/N-ethyl adjacent to an activating group) is 1. The fraction of sp³-hybridized carbons (Fsp3) is 0.381. The van der Waals surface area contributed by atoms with E-state index in [2.05, 4.69) is 51.5 Å². The van der Waals surface area contributed by atoms with E-state index in [0.29, 0.717) is 12.1 Å². The van der Waals surface area contributed by atoms with E-state index < -0.39 is 0 Å². The summed E-state index contributed by atoms with van der Waals surface area (Å²) in [5.41, 5.74) is 4.71. The van der Waals surface area contributed by atoms with E-state index >= 15 is 0 Å². The van der Waals surface area contributed by atoms with Crippen LogP contribution < -0.4 is 5.32 Å². The third-order valence-corrected chi connectivity index (χ3v) is 4.98. The van der Waals surface area contributed by atoms with E-state index in [4.69, 9.17) is 0 Å². The lowest BCUT2D eigenvalue weighted by Gasteiger charge is -2.25. The maximum atomic E-state index is 12.7. The molecule has 6 heteroatoms. The SMILES string of the molecule is CCc1ccc(C(CNC(=O)c2cnc3c(c2)c(C)nn3C)N(C)C)cc1. The molecule has 0 saturated heterocycles. The molecule has 6 nitrogen and oxygen atoms in total. The Hall–Kier alpha value is -2.73. The van der Waals surface area contributed by atoms with Crippen molar-refractivity contribution in [3.05, 3.63) is 58.9 Å². The lowest BCUT2D eigenvalue weighted by Crippen LogP contribution is -2.34. The van der Waals surface area contributed by atoms with Gasteiger partial charge in [0.15, 0.2) is 5.65 Å². The summed E-state index contributed by atoms with van der Waals surface area (Å²) in [4.78, 5) is 19.2. The first-order valence-electron chi connectivity index (χ1n) is 9.23.